The Morgan fingerprint density at radius 3 is 1.97 bits per heavy atom. The summed E-state index contributed by atoms with van der Waals surface area (Å²) in [6, 6.07) is 17.2. The van der Waals surface area contributed by atoms with Gasteiger partial charge in [0.15, 0.2) is 6.17 Å². The zero-order valence-electron chi connectivity index (χ0n) is 23.1. The van der Waals surface area contributed by atoms with Gasteiger partial charge in [-0.2, -0.15) is 0 Å². The minimum atomic E-state index is -1.48. The van der Waals surface area contributed by atoms with Crippen LogP contribution in [0.15, 0.2) is 48.5 Å². The first-order chi connectivity index (χ1) is 18.1. The van der Waals surface area contributed by atoms with Crippen molar-refractivity contribution in [3.8, 4) is 16.9 Å². The second kappa shape index (κ2) is 16.5. The quantitative estimate of drug-likeness (QED) is 0.167. The van der Waals surface area contributed by atoms with Crippen molar-refractivity contribution < 1.29 is 18.7 Å². The number of unbranched alkanes of at least 4 members (excludes halogenated alkanes) is 7. The van der Waals surface area contributed by atoms with Crippen LogP contribution >= 0.6 is 0 Å². The van der Waals surface area contributed by atoms with Crippen molar-refractivity contribution in [2.24, 2.45) is 0 Å². The number of hydrogen-bond acceptors (Lipinski definition) is 3. The SMILES string of the molecule is CCCCCCCCCOc1ccc(-c2ccc(C3CCC(OC(=O)[C@@H](F)CCCC)CC3)cc2)cc1. The lowest BCUT2D eigenvalue weighted by atomic mass is 9.82. The summed E-state index contributed by atoms with van der Waals surface area (Å²) in [5.41, 5.74) is 3.72. The van der Waals surface area contributed by atoms with E-state index in [1.54, 1.807) is 0 Å². The summed E-state index contributed by atoms with van der Waals surface area (Å²) in [5, 5.41) is 0. The third kappa shape index (κ3) is 10.1. The van der Waals surface area contributed by atoms with Gasteiger partial charge >= 0.3 is 5.97 Å². The maximum Gasteiger partial charge on any atom is 0.340 e. The lowest BCUT2D eigenvalue weighted by Gasteiger charge is -2.29. The molecule has 0 bridgehead atoms. The zero-order chi connectivity index (χ0) is 26.3. The van der Waals surface area contributed by atoms with Crippen LogP contribution < -0.4 is 4.74 Å². The molecule has 3 rings (SSSR count). The average Bonchev–Trinajstić information content (AvgIpc) is 2.94. The van der Waals surface area contributed by atoms with Crippen LogP contribution in [0.2, 0.25) is 0 Å². The number of ether oxygens (including phenoxy) is 2. The molecule has 1 atom stereocenters. The molecule has 0 amide bonds. The molecule has 0 spiro atoms. The number of alkyl halides is 1. The van der Waals surface area contributed by atoms with Gasteiger partial charge in [0.1, 0.15) is 11.9 Å². The van der Waals surface area contributed by atoms with Gasteiger partial charge in [-0.1, -0.05) is 102 Å². The third-order valence-electron chi connectivity index (χ3n) is 7.61. The molecule has 2 aromatic rings. The van der Waals surface area contributed by atoms with E-state index in [-0.39, 0.29) is 12.5 Å². The molecule has 1 saturated carbocycles. The Balaban J connectivity index is 1.38. The van der Waals surface area contributed by atoms with E-state index in [2.05, 4.69) is 55.5 Å². The van der Waals surface area contributed by atoms with Gasteiger partial charge in [0.05, 0.1) is 6.61 Å². The van der Waals surface area contributed by atoms with E-state index in [9.17, 15) is 9.18 Å². The number of carbonyl (C=O) groups is 1. The molecule has 0 saturated heterocycles. The van der Waals surface area contributed by atoms with Crippen molar-refractivity contribution in [3.05, 3.63) is 54.1 Å². The fraction of sp³-hybridized carbons (Fsp3) is 0.606. The van der Waals surface area contributed by atoms with E-state index in [1.807, 2.05) is 6.92 Å². The average molecular weight is 511 g/mol. The molecule has 0 aromatic heterocycles. The Morgan fingerprint density at radius 2 is 1.35 bits per heavy atom. The minimum absolute atomic E-state index is 0.144. The highest BCUT2D eigenvalue weighted by atomic mass is 19.1. The number of carbonyl (C=O) groups excluding carboxylic acids is 1. The Hall–Kier alpha value is -2.36. The minimum Gasteiger partial charge on any atom is -0.494 e. The topological polar surface area (TPSA) is 35.5 Å². The second-order valence-electron chi connectivity index (χ2n) is 10.6. The summed E-state index contributed by atoms with van der Waals surface area (Å²) in [7, 11) is 0. The van der Waals surface area contributed by atoms with E-state index >= 15 is 0 Å². The molecule has 0 heterocycles. The molecule has 1 fully saturated rings. The summed E-state index contributed by atoms with van der Waals surface area (Å²) in [6.45, 7) is 5.04. The van der Waals surface area contributed by atoms with E-state index in [1.165, 1.54) is 55.2 Å². The Kier molecular flexibility index (Phi) is 13.0. The monoisotopic (exact) mass is 510 g/mol. The number of rotatable bonds is 16. The number of benzene rings is 2. The van der Waals surface area contributed by atoms with Crippen molar-refractivity contribution in [2.45, 2.75) is 122 Å². The Morgan fingerprint density at radius 1 is 0.784 bits per heavy atom. The molecule has 37 heavy (non-hydrogen) atoms. The predicted octanol–water partition coefficient (Wildman–Crippen LogP) is 9.58. The van der Waals surface area contributed by atoms with E-state index in [4.69, 9.17) is 9.47 Å². The Labute approximate surface area is 224 Å². The first-order valence-corrected chi connectivity index (χ1v) is 14.8. The van der Waals surface area contributed by atoms with Gasteiger partial charge in [-0.3, -0.25) is 0 Å². The highest BCUT2D eigenvalue weighted by Gasteiger charge is 2.27. The smallest absolute Gasteiger partial charge is 0.340 e. The first kappa shape index (κ1) is 29.2. The van der Waals surface area contributed by atoms with Gasteiger partial charge < -0.3 is 9.47 Å². The molecule has 0 aliphatic heterocycles. The fourth-order valence-corrected chi connectivity index (χ4v) is 5.19. The molecule has 3 nitrogen and oxygen atoms in total. The van der Waals surface area contributed by atoms with Crippen LogP contribution in [0.5, 0.6) is 5.75 Å². The molecule has 0 unspecified atom stereocenters. The van der Waals surface area contributed by atoms with E-state index < -0.39 is 12.1 Å². The standard InChI is InChI=1S/C33H47FO3/c1-3-5-7-8-9-10-11-25-36-30-21-17-28(18-22-30)26-13-15-27(16-14-26)29-19-23-31(24-20-29)37-33(35)32(34)12-6-4-2/h13-18,21-22,29,31-32H,3-12,19-20,23-25H2,1-2H3/t29?,31?,32-/m0/s1. The van der Waals surface area contributed by atoms with Gasteiger partial charge in [0.2, 0.25) is 0 Å². The van der Waals surface area contributed by atoms with Crippen molar-refractivity contribution in [3.63, 3.8) is 0 Å². The van der Waals surface area contributed by atoms with Crippen molar-refractivity contribution in [1.29, 1.82) is 0 Å². The summed E-state index contributed by atoms with van der Waals surface area (Å²) >= 11 is 0. The highest BCUT2D eigenvalue weighted by Crippen LogP contribution is 2.35. The number of esters is 1. The first-order valence-electron chi connectivity index (χ1n) is 14.8. The summed E-state index contributed by atoms with van der Waals surface area (Å²) in [4.78, 5) is 12.0. The predicted molar refractivity (Wildman–Crippen MR) is 151 cm³/mol. The summed E-state index contributed by atoms with van der Waals surface area (Å²) < 4.78 is 25.3. The maximum absolute atomic E-state index is 13.9. The van der Waals surface area contributed by atoms with Crippen LogP contribution in [0.1, 0.15) is 115 Å². The number of hydrogen-bond donors (Lipinski definition) is 0. The van der Waals surface area contributed by atoms with Crippen molar-refractivity contribution in [2.75, 3.05) is 6.61 Å². The maximum atomic E-state index is 13.9. The van der Waals surface area contributed by atoms with Crippen molar-refractivity contribution >= 4 is 5.97 Å². The summed E-state index contributed by atoms with van der Waals surface area (Å²) in [5.74, 6) is 0.733. The van der Waals surface area contributed by atoms with Gasteiger partial charge in [0, 0.05) is 0 Å². The van der Waals surface area contributed by atoms with Gasteiger partial charge in [-0.25, -0.2) is 9.18 Å². The second-order valence-corrected chi connectivity index (χ2v) is 10.6. The molecule has 2 aromatic carbocycles. The van der Waals surface area contributed by atoms with Crippen LogP contribution in [0.4, 0.5) is 4.39 Å². The zero-order valence-corrected chi connectivity index (χ0v) is 23.1. The molecule has 1 aliphatic rings. The largest absolute Gasteiger partial charge is 0.494 e. The van der Waals surface area contributed by atoms with Gasteiger partial charge in [-0.05, 0) is 73.3 Å². The van der Waals surface area contributed by atoms with Crippen LogP contribution in [-0.2, 0) is 9.53 Å². The third-order valence-corrected chi connectivity index (χ3v) is 7.61. The van der Waals surface area contributed by atoms with Gasteiger partial charge in [0.25, 0.3) is 0 Å². The van der Waals surface area contributed by atoms with Crippen molar-refractivity contribution in [1.82, 2.24) is 0 Å². The van der Waals surface area contributed by atoms with Gasteiger partial charge in [-0.15, -0.1) is 0 Å². The Bertz CT molecular complexity index is 885. The van der Waals surface area contributed by atoms with E-state index in [0.29, 0.717) is 5.92 Å². The molecule has 4 heteroatoms. The fourth-order valence-electron chi connectivity index (χ4n) is 5.19. The molecular formula is C33H47FO3. The molecule has 204 valence electrons. The molecule has 0 N–H and O–H groups in total. The van der Waals surface area contributed by atoms with Crippen LogP contribution in [0, 0.1) is 0 Å². The summed E-state index contributed by atoms with van der Waals surface area (Å²) in [6.07, 6.45) is 12.8. The normalized spacial score (nSPS) is 18.4. The lowest BCUT2D eigenvalue weighted by Crippen LogP contribution is -2.28. The molecule has 1 aliphatic carbocycles. The van der Waals surface area contributed by atoms with Crippen LogP contribution in [0.3, 0.4) is 0 Å². The molecular weight excluding hydrogens is 463 g/mol. The van der Waals surface area contributed by atoms with E-state index in [0.717, 1.165) is 57.3 Å². The van der Waals surface area contributed by atoms with Crippen LogP contribution in [0.25, 0.3) is 11.1 Å². The lowest BCUT2D eigenvalue weighted by molar-refractivity contribution is -0.157. The molecule has 0 radical (unpaired) electrons. The highest BCUT2D eigenvalue weighted by molar-refractivity contribution is 5.74. The number of halogens is 1. The van der Waals surface area contributed by atoms with Crippen LogP contribution in [-0.4, -0.2) is 24.9 Å².